The van der Waals surface area contributed by atoms with E-state index in [0.29, 0.717) is 18.0 Å². The molecule has 2 atom stereocenters. The predicted molar refractivity (Wildman–Crippen MR) is 73.1 cm³/mol. The van der Waals surface area contributed by atoms with Gasteiger partial charge >= 0.3 is 0 Å². The third kappa shape index (κ3) is 3.70. The molecule has 0 radical (unpaired) electrons. The molecule has 104 valence electrons. The molecule has 3 N–H and O–H groups in total. The van der Waals surface area contributed by atoms with Crippen LogP contribution in [0.15, 0.2) is 18.2 Å². The van der Waals surface area contributed by atoms with Crippen molar-refractivity contribution in [3.05, 3.63) is 29.3 Å². The first kappa shape index (κ1) is 13.9. The summed E-state index contributed by atoms with van der Waals surface area (Å²) >= 11 is 0. The van der Waals surface area contributed by atoms with E-state index in [1.54, 1.807) is 19.1 Å². The number of hydrogen-bond donors (Lipinski definition) is 3. The van der Waals surface area contributed by atoms with Crippen molar-refractivity contribution in [2.24, 2.45) is 5.92 Å². The normalized spacial score (nSPS) is 23.1. The molecule has 0 saturated heterocycles. The molecule has 19 heavy (non-hydrogen) atoms. The monoisotopic (exact) mass is 263 g/mol. The maximum atomic E-state index is 12.0. The van der Waals surface area contributed by atoms with Gasteiger partial charge in [-0.2, -0.15) is 0 Å². The second-order valence-electron chi connectivity index (χ2n) is 5.40. The average Bonchev–Trinajstić information content (AvgIpc) is 2.36. The number of rotatable bonds is 3. The quantitative estimate of drug-likeness (QED) is 0.781. The van der Waals surface area contributed by atoms with Crippen LogP contribution in [0.1, 0.15) is 41.6 Å². The van der Waals surface area contributed by atoms with Gasteiger partial charge in [-0.1, -0.05) is 6.42 Å². The van der Waals surface area contributed by atoms with Gasteiger partial charge in [0.2, 0.25) is 0 Å². The van der Waals surface area contributed by atoms with Crippen LogP contribution in [-0.2, 0) is 0 Å². The minimum atomic E-state index is -0.217. The number of phenolic OH excluding ortho intramolecular Hbond substituents is 1. The van der Waals surface area contributed by atoms with E-state index in [1.807, 2.05) is 0 Å². The SMILES string of the molecule is Cc1cc(O)ccc1C(=O)NCC1CCCC(O)C1. The summed E-state index contributed by atoms with van der Waals surface area (Å²) in [6.07, 6.45) is 3.52. The Hall–Kier alpha value is -1.55. The fraction of sp³-hybridized carbons (Fsp3) is 0.533. The highest BCUT2D eigenvalue weighted by Gasteiger charge is 2.21. The van der Waals surface area contributed by atoms with E-state index in [0.717, 1.165) is 31.2 Å². The lowest BCUT2D eigenvalue weighted by molar-refractivity contribution is 0.0873. The largest absolute Gasteiger partial charge is 0.508 e. The molecular weight excluding hydrogens is 242 g/mol. The zero-order valence-corrected chi connectivity index (χ0v) is 11.2. The van der Waals surface area contributed by atoms with Crippen LogP contribution < -0.4 is 5.32 Å². The minimum absolute atomic E-state index is 0.113. The highest BCUT2D eigenvalue weighted by atomic mass is 16.3. The van der Waals surface area contributed by atoms with Crippen LogP contribution in [0.25, 0.3) is 0 Å². The van der Waals surface area contributed by atoms with Gasteiger partial charge in [-0.3, -0.25) is 4.79 Å². The van der Waals surface area contributed by atoms with Crippen LogP contribution >= 0.6 is 0 Å². The molecule has 1 aromatic carbocycles. The van der Waals surface area contributed by atoms with Gasteiger partial charge in [-0.25, -0.2) is 0 Å². The molecule has 0 aliphatic heterocycles. The topological polar surface area (TPSA) is 69.6 Å². The number of carbonyl (C=O) groups is 1. The van der Waals surface area contributed by atoms with Crippen LogP contribution in [0.4, 0.5) is 0 Å². The lowest BCUT2D eigenvalue weighted by atomic mass is 9.87. The zero-order valence-electron chi connectivity index (χ0n) is 11.2. The smallest absolute Gasteiger partial charge is 0.251 e. The van der Waals surface area contributed by atoms with Gasteiger partial charge in [0, 0.05) is 12.1 Å². The Labute approximate surface area is 113 Å². The molecule has 1 aromatic rings. The summed E-state index contributed by atoms with van der Waals surface area (Å²) in [6, 6.07) is 4.74. The molecule has 1 aliphatic rings. The summed E-state index contributed by atoms with van der Waals surface area (Å²) in [5.74, 6) is 0.423. The first-order valence-electron chi connectivity index (χ1n) is 6.82. The molecule has 4 heteroatoms. The molecule has 2 unspecified atom stereocenters. The summed E-state index contributed by atoms with van der Waals surface area (Å²) in [4.78, 5) is 12.0. The van der Waals surface area contributed by atoms with E-state index >= 15 is 0 Å². The van der Waals surface area contributed by atoms with Gasteiger partial charge in [0.25, 0.3) is 5.91 Å². The van der Waals surface area contributed by atoms with Gasteiger partial charge in [0.1, 0.15) is 5.75 Å². The Morgan fingerprint density at radius 1 is 1.42 bits per heavy atom. The molecule has 0 spiro atoms. The van der Waals surface area contributed by atoms with Crippen molar-refractivity contribution in [1.82, 2.24) is 5.32 Å². The van der Waals surface area contributed by atoms with Crippen molar-refractivity contribution in [3.63, 3.8) is 0 Å². The van der Waals surface area contributed by atoms with E-state index in [-0.39, 0.29) is 17.8 Å². The second kappa shape index (κ2) is 6.06. The molecular formula is C15H21NO3. The predicted octanol–water partition coefficient (Wildman–Crippen LogP) is 1.98. The molecule has 4 nitrogen and oxygen atoms in total. The summed E-state index contributed by atoms with van der Waals surface area (Å²) < 4.78 is 0. The maximum Gasteiger partial charge on any atom is 0.251 e. The van der Waals surface area contributed by atoms with E-state index in [9.17, 15) is 15.0 Å². The van der Waals surface area contributed by atoms with Crippen LogP contribution in [0.2, 0.25) is 0 Å². The highest BCUT2D eigenvalue weighted by molar-refractivity contribution is 5.95. The Kier molecular flexibility index (Phi) is 4.43. The Balaban J connectivity index is 1.90. The fourth-order valence-electron chi connectivity index (χ4n) is 2.68. The third-order valence-corrected chi connectivity index (χ3v) is 3.76. The van der Waals surface area contributed by atoms with Crippen molar-refractivity contribution in [3.8, 4) is 5.75 Å². The number of nitrogens with one attached hydrogen (secondary N) is 1. The van der Waals surface area contributed by atoms with E-state index in [1.165, 1.54) is 6.07 Å². The van der Waals surface area contributed by atoms with Gasteiger partial charge in [0.15, 0.2) is 0 Å². The number of aryl methyl sites for hydroxylation is 1. The number of benzene rings is 1. The third-order valence-electron chi connectivity index (χ3n) is 3.76. The summed E-state index contributed by atoms with van der Waals surface area (Å²) in [5, 5.41) is 21.8. The molecule has 1 saturated carbocycles. The number of aliphatic hydroxyl groups excluding tert-OH is 1. The Morgan fingerprint density at radius 2 is 2.21 bits per heavy atom. The van der Waals surface area contributed by atoms with Crippen LogP contribution in [0, 0.1) is 12.8 Å². The molecule has 0 aromatic heterocycles. The highest BCUT2D eigenvalue weighted by Crippen LogP contribution is 2.23. The minimum Gasteiger partial charge on any atom is -0.508 e. The molecule has 0 heterocycles. The van der Waals surface area contributed by atoms with Crippen molar-refractivity contribution in [2.75, 3.05) is 6.54 Å². The van der Waals surface area contributed by atoms with Gasteiger partial charge in [0.05, 0.1) is 6.10 Å². The first-order valence-corrected chi connectivity index (χ1v) is 6.82. The molecule has 1 amide bonds. The van der Waals surface area contributed by atoms with E-state index < -0.39 is 0 Å². The maximum absolute atomic E-state index is 12.0. The number of carbonyl (C=O) groups excluding carboxylic acids is 1. The molecule has 1 aliphatic carbocycles. The Bertz CT molecular complexity index is 459. The lowest BCUT2D eigenvalue weighted by Crippen LogP contribution is -2.33. The van der Waals surface area contributed by atoms with Crippen LogP contribution in [0.3, 0.4) is 0 Å². The lowest BCUT2D eigenvalue weighted by Gasteiger charge is -2.26. The number of hydrogen-bond acceptors (Lipinski definition) is 3. The van der Waals surface area contributed by atoms with Gasteiger partial charge in [-0.15, -0.1) is 0 Å². The van der Waals surface area contributed by atoms with Gasteiger partial charge < -0.3 is 15.5 Å². The van der Waals surface area contributed by atoms with Crippen LogP contribution in [-0.4, -0.2) is 28.8 Å². The number of aliphatic hydroxyl groups is 1. The summed E-state index contributed by atoms with van der Waals surface area (Å²) in [5.41, 5.74) is 1.36. The second-order valence-corrected chi connectivity index (χ2v) is 5.40. The van der Waals surface area contributed by atoms with Gasteiger partial charge in [-0.05, 0) is 55.9 Å². The first-order chi connectivity index (χ1) is 9.06. The zero-order chi connectivity index (χ0) is 13.8. The summed E-state index contributed by atoms with van der Waals surface area (Å²) in [6.45, 7) is 2.41. The number of phenols is 1. The van der Waals surface area contributed by atoms with E-state index in [2.05, 4.69) is 5.32 Å². The molecule has 2 rings (SSSR count). The van der Waals surface area contributed by atoms with Crippen molar-refractivity contribution < 1.29 is 15.0 Å². The van der Waals surface area contributed by atoms with Crippen molar-refractivity contribution >= 4 is 5.91 Å². The number of aromatic hydroxyl groups is 1. The Morgan fingerprint density at radius 3 is 2.89 bits per heavy atom. The standard InChI is InChI=1S/C15H21NO3/c1-10-7-13(18)5-6-14(10)15(19)16-9-11-3-2-4-12(17)8-11/h5-7,11-12,17-18H,2-4,8-9H2,1H3,(H,16,19). The molecule has 1 fully saturated rings. The fourth-order valence-corrected chi connectivity index (χ4v) is 2.68. The average molecular weight is 263 g/mol. The van der Waals surface area contributed by atoms with E-state index in [4.69, 9.17) is 0 Å². The van der Waals surface area contributed by atoms with Crippen molar-refractivity contribution in [2.45, 2.75) is 38.7 Å². The summed E-state index contributed by atoms with van der Waals surface area (Å²) in [7, 11) is 0. The van der Waals surface area contributed by atoms with Crippen LogP contribution in [0.5, 0.6) is 5.75 Å². The number of amides is 1. The molecule has 0 bridgehead atoms. The van der Waals surface area contributed by atoms with Crippen molar-refractivity contribution in [1.29, 1.82) is 0 Å².